The Morgan fingerprint density at radius 1 is 0.879 bits per heavy atom. The third kappa shape index (κ3) is 4.46. The number of carbonyl (C=O) groups is 1. The molecule has 4 rings (SSSR count). The van der Waals surface area contributed by atoms with Gasteiger partial charge < -0.3 is 5.32 Å². The molecule has 0 unspecified atom stereocenters. The Morgan fingerprint density at radius 2 is 1.45 bits per heavy atom. The van der Waals surface area contributed by atoms with Crippen LogP contribution in [0.25, 0.3) is 0 Å². The Hall–Kier alpha value is -2.23. The highest BCUT2D eigenvalue weighted by molar-refractivity contribution is 7.93. The zero-order chi connectivity index (χ0) is 23.7. The topological polar surface area (TPSA) is 101 Å². The molecule has 178 valence electrons. The summed E-state index contributed by atoms with van der Waals surface area (Å²) in [5.74, 6) is -0.455. The third-order valence-corrected chi connectivity index (χ3v) is 11.3. The summed E-state index contributed by atoms with van der Waals surface area (Å²) in [7, 11) is -7.44. The number of nitrogens with one attached hydrogen (secondary N) is 1. The second-order valence-electron chi connectivity index (χ2n) is 8.98. The van der Waals surface area contributed by atoms with Crippen LogP contribution in [-0.4, -0.2) is 50.9 Å². The van der Waals surface area contributed by atoms with Gasteiger partial charge in [-0.25, -0.2) is 16.8 Å². The number of benzene rings is 2. The molecule has 1 saturated heterocycles. The molecule has 7 nitrogen and oxygen atoms in total. The summed E-state index contributed by atoms with van der Waals surface area (Å²) in [5.41, 5.74) is 0.988. The molecule has 2 aromatic carbocycles. The number of amides is 1. The van der Waals surface area contributed by atoms with Gasteiger partial charge in [0.1, 0.15) is 0 Å². The van der Waals surface area contributed by atoms with Crippen LogP contribution in [0.15, 0.2) is 64.4 Å². The van der Waals surface area contributed by atoms with Crippen LogP contribution >= 0.6 is 0 Å². The second-order valence-corrected chi connectivity index (χ2v) is 13.2. The molecule has 1 N–H and O–H groups in total. The van der Waals surface area contributed by atoms with Crippen LogP contribution in [0.3, 0.4) is 0 Å². The van der Waals surface area contributed by atoms with Gasteiger partial charge in [0.2, 0.25) is 15.9 Å². The molecule has 0 bridgehead atoms. The predicted octanol–water partition coefficient (Wildman–Crippen LogP) is 3.05. The number of sulfonamides is 1. The molecule has 1 aliphatic heterocycles. The predicted molar refractivity (Wildman–Crippen MR) is 126 cm³/mol. The Labute approximate surface area is 196 Å². The number of sulfone groups is 1. The van der Waals surface area contributed by atoms with Crippen LogP contribution in [0, 0.1) is 6.92 Å². The summed E-state index contributed by atoms with van der Waals surface area (Å²) in [6.45, 7) is 2.46. The average molecular weight is 491 g/mol. The maximum atomic E-state index is 13.5. The molecule has 0 atom stereocenters. The van der Waals surface area contributed by atoms with Gasteiger partial charge in [-0.1, -0.05) is 48.7 Å². The summed E-state index contributed by atoms with van der Waals surface area (Å²) >= 11 is 0. The van der Waals surface area contributed by atoms with Gasteiger partial charge in [-0.15, -0.1) is 0 Å². The van der Waals surface area contributed by atoms with Gasteiger partial charge in [-0.05, 0) is 56.9 Å². The van der Waals surface area contributed by atoms with Gasteiger partial charge in [-0.2, -0.15) is 4.31 Å². The Balaban J connectivity index is 1.45. The van der Waals surface area contributed by atoms with Crippen LogP contribution < -0.4 is 5.32 Å². The van der Waals surface area contributed by atoms with Crippen molar-refractivity contribution < 1.29 is 21.6 Å². The standard InChI is InChI=1S/C24H30N2O5S2/c1-19-9-11-22(12-10-19)33(30,31)26-17-13-20(14-18-26)25-23(27)24(15-5-6-16-24)32(28,29)21-7-3-2-4-8-21/h2-4,7-12,20H,5-6,13-18H2,1H3,(H,25,27). The fourth-order valence-corrected chi connectivity index (χ4v) is 8.37. The molecular weight excluding hydrogens is 460 g/mol. The summed E-state index contributed by atoms with van der Waals surface area (Å²) in [5, 5.41) is 2.96. The molecular formula is C24H30N2O5S2. The number of rotatable bonds is 6. The van der Waals surface area contributed by atoms with Gasteiger partial charge >= 0.3 is 0 Å². The SMILES string of the molecule is Cc1ccc(S(=O)(=O)N2CCC(NC(=O)C3(S(=O)(=O)c4ccccc4)CCCC3)CC2)cc1. The first-order valence-electron chi connectivity index (χ1n) is 11.3. The number of hydrogen-bond donors (Lipinski definition) is 1. The van der Waals surface area contributed by atoms with Gasteiger partial charge in [0.05, 0.1) is 9.79 Å². The highest BCUT2D eigenvalue weighted by atomic mass is 32.2. The molecule has 0 aromatic heterocycles. The van der Waals surface area contributed by atoms with E-state index in [1.807, 2.05) is 6.92 Å². The van der Waals surface area contributed by atoms with Gasteiger partial charge in [0, 0.05) is 19.1 Å². The molecule has 2 aliphatic rings. The zero-order valence-electron chi connectivity index (χ0n) is 18.7. The summed E-state index contributed by atoms with van der Waals surface area (Å²) < 4.78 is 52.8. The lowest BCUT2D eigenvalue weighted by Gasteiger charge is -2.34. The molecule has 2 fully saturated rings. The Kier molecular flexibility index (Phi) is 6.66. The molecule has 1 amide bonds. The fourth-order valence-electron chi connectivity index (χ4n) is 4.81. The van der Waals surface area contributed by atoms with Crippen molar-refractivity contribution in [1.29, 1.82) is 0 Å². The molecule has 0 radical (unpaired) electrons. The lowest BCUT2D eigenvalue weighted by Crippen LogP contribution is -2.55. The lowest BCUT2D eigenvalue weighted by molar-refractivity contribution is -0.124. The molecule has 33 heavy (non-hydrogen) atoms. The minimum Gasteiger partial charge on any atom is -0.352 e. The van der Waals surface area contributed by atoms with Crippen molar-refractivity contribution in [2.45, 2.75) is 66.0 Å². The second kappa shape index (κ2) is 9.19. The first kappa shape index (κ1) is 23.9. The zero-order valence-corrected chi connectivity index (χ0v) is 20.4. The van der Waals surface area contributed by atoms with Crippen molar-refractivity contribution in [2.24, 2.45) is 0 Å². The Bertz CT molecular complexity index is 1200. The van der Waals surface area contributed by atoms with Crippen LogP contribution in [0.5, 0.6) is 0 Å². The maximum Gasteiger partial charge on any atom is 0.243 e. The minimum atomic E-state index is -3.84. The number of carbonyl (C=O) groups excluding carboxylic acids is 1. The molecule has 1 heterocycles. The smallest absolute Gasteiger partial charge is 0.243 e. The highest BCUT2D eigenvalue weighted by Gasteiger charge is 2.53. The Morgan fingerprint density at radius 3 is 2.03 bits per heavy atom. The minimum absolute atomic E-state index is 0.168. The van der Waals surface area contributed by atoms with Gasteiger partial charge in [0.15, 0.2) is 14.6 Å². The van der Waals surface area contributed by atoms with Gasteiger partial charge in [0.25, 0.3) is 0 Å². The van der Waals surface area contributed by atoms with E-state index >= 15 is 0 Å². The highest BCUT2D eigenvalue weighted by Crippen LogP contribution is 2.41. The van der Waals surface area contributed by atoms with Crippen molar-refractivity contribution in [1.82, 2.24) is 9.62 Å². The van der Waals surface area contributed by atoms with Crippen molar-refractivity contribution in [3.8, 4) is 0 Å². The molecule has 1 saturated carbocycles. The normalized spacial score (nSPS) is 19.9. The maximum absolute atomic E-state index is 13.5. The van der Waals surface area contributed by atoms with E-state index in [1.165, 1.54) is 16.4 Å². The van der Waals surface area contributed by atoms with Crippen molar-refractivity contribution in [3.05, 3.63) is 60.2 Å². The summed E-state index contributed by atoms with van der Waals surface area (Å²) in [6, 6.07) is 14.7. The van der Waals surface area contributed by atoms with E-state index in [0.717, 1.165) is 5.56 Å². The fraction of sp³-hybridized carbons (Fsp3) is 0.458. The van der Waals surface area contributed by atoms with E-state index in [9.17, 15) is 21.6 Å². The quantitative estimate of drug-likeness (QED) is 0.671. The van der Waals surface area contributed by atoms with Crippen LogP contribution in [-0.2, 0) is 24.7 Å². The number of hydrogen-bond acceptors (Lipinski definition) is 5. The molecule has 9 heteroatoms. The lowest BCUT2D eigenvalue weighted by atomic mass is 10.0. The average Bonchev–Trinajstić information content (AvgIpc) is 3.32. The van der Waals surface area contributed by atoms with E-state index in [-0.39, 0.29) is 28.9 Å². The number of aryl methyl sites for hydroxylation is 1. The number of piperidine rings is 1. The van der Waals surface area contributed by atoms with E-state index in [0.29, 0.717) is 38.5 Å². The summed E-state index contributed by atoms with van der Waals surface area (Å²) in [4.78, 5) is 13.8. The van der Waals surface area contributed by atoms with Crippen molar-refractivity contribution in [3.63, 3.8) is 0 Å². The molecule has 1 aliphatic carbocycles. The summed E-state index contributed by atoms with van der Waals surface area (Å²) in [6.07, 6.45) is 2.86. The van der Waals surface area contributed by atoms with Crippen LogP contribution in [0.1, 0.15) is 44.1 Å². The van der Waals surface area contributed by atoms with E-state index in [4.69, 9.17) is 0 Å². The first-order chi connectivity index (χ1) is 15.7. The largest absolute Gasteiger partial charge is 0.352 e. The van der Waals surface area contributed by atoms with Gasteiger partial charge in [-0.3, -0.25) is 4.79 Å². The number of nitrogens with zero attached hydrogens (tertiary/aromatic N) is 1. The molecule has 0 spiro atoms. The van der Waals surface area contributed by atoms with E-state index < -0.39 is 30.5 Å². The van der Waals surface area contributed by atoms with Crippen molar-refractivity contribution >= 4 is 25.8 Å². The third-order valence-electron chi connectivity index (χ3n) is 6.84. The first-order valence-corrected chi connectivity index (χ1v) is 14.3. The van der Waals surface area contributed by atoms with Crippen LogP contribution in [0.2, 0.25) is 0 Å². The molecule has 2 aromatic rings. The van der Waals surface area contributed by atoms with Crippen molar-refractivity contribution in [2.75, 3.05) is 13.1 Å². The monoisotopic (exact) mass is 490 g/mol. The van der Waals surface area contributed by atoms with E-state index in [1.54, 1.807) is 42.5 Å². The van der Waals surface area contributed by atoms with Crippen LogP contribution in [0.4, 0.5) is 0 Å². The van der Waals surface area contributed by atoms with E-state index in [2.05, 4.69) is 5.32 Å².